The topological polar surface area (TPSA) is 26.3 Å². The van der Waals surface area contributed by atoms with Gasteiger partial charge in [0.1, 0.15) is 22.3 Å². The molecule has 0 radical (unpaired) electrons. The number of furan rings is 2. The Morgan fingerprint density at radius 3 is 1.14 bits per heavy atom. The van der Waals surface area contributed by atoms with E-state index in [4.69, 9.17) is 8.83 Å². The molecule has 2 nitrogen and oxygen atoms in total. The maximum atomic E-state index is 6.98. The average molecular weight is 929 g/mol. The van der Waals surface area contributed by atoms with Gasteiger partial charge in [0.15, 0.2) is 0 Å². The van der Waals surface area contributed by atoms with Gasteiger partial charge in [0.05, 0.1) is 0 Å². The van der Waals surface area contributed by atoms with Crippen LogP contribution < -0.4 is 0 Å². The van der Waals surface area contributed by atoms with Crippen molar-refractivity contribution in [2.45, 2.75) is 5.92 Å². The molecule has 0 saturated heterocycles. The van der Waals surface area contributed by atoms with Gasteiger partial charge >= 0.3 is 0 Å². The fourth-order valence-corrected chi connectivity index (χ4v) is 11.9. The molecule has 73 heavy (non-hydrogen) atoms. The number of rotatable bonds is 7. The number of hydrogen-bond acceptors (Lipinski definition) is 2. The molecule has 2 heterocycles. The van der Waals surface area contributed by atoms with E-state index in [9.17, 15) is 0 Å². The second-order valence-corrected chi connectivity index (χ2v) is 19.5. The highest BCUT2D eigenvalue weighted by Gasteiger charge is 2.24. The Morgan fingerprint density at radius 2 is 0.630 bits per heavy atom. The van der Waals surface area contributed by atoms with E-state index in [1.54, 1.807) is 0 Å². The third kappa shape index (κ3) is 6.72. The lowest BCUT2D eigenvalue weighted by Crippen LogP contribution is -2.04. The first kappa shape index (κ1) is 41.3. The van der Waals surface area contributed by atoms with Crippen LogP contribution in [0.2, 0.25) is 0 Å². The van der Waals surface area contributed by atoms with Crippen molar-refractivity contribution in [3.05, 3.63) is 278 Å². The molecule has 0 spiro atoms. The fraction of sp³-hybridized carbons (Fsp3) is 0.0141. The maximum Gasteiger partial charge on any atom is 0.143 e. The standard InChI is InChI=1S/C71H44O2/c1-2-15-44(16-3-1)49-21-12-22-50(39-49)45-31-33-48(34-32-45)65(55-25-13-23-51(40-55)61-42-53-19-6-10-29-59(53)68-66-57-27-8-4-17-46(57)35-37-63(66)72-70(61)68)56-26-14-24-52(41-56)62-43-54-20-7-11-30-60(54)69-67-58-28-9-5-18-47(58)36-38-64(67)73-71(62)69/h1-43,65H. The van der Waals surface area contributed by atoms with Crippen LogP contribution in [0.3, 0.4) is 0 Å². The van der Waals surface area contributed by atoms with Crippen LogP contribution in [0.5, 0.6) is 0 Å². The summed E-state index contributed by atoms with van der Waals surface area (Å²) in [5.74, 6) is -0.115. The Balaban J connectivity index is 0.928. The molecular formula is C71H44O2. The second-order valence-electron chi connectivity index (χ2n) is 19.5. The lowest BCUT2D eigenvalue weighted by molar-refractivity contribution is 0.670. The van der Waals surface area contributed by atoms with Gasteiger partial charge in [-0.05, 0) is 123 Å². The first-order valence-corrected chi connectivity index (χ1v) is 25.2. The third-order valence-electron chi connectivity index (χ3n) is 15.3. The molecule has 0 atom stereocenters. The molecule has 0 saturated carbocycles. The third-order valence-corrected chi connectivity index (χ3v) is 15.3. The normalized spacial score (nSPS) is 12.0. The van der Waals surface area contributed by atoms with Gasteiger partial charge in [0.2, 0.25) is 0 Å². The van der Waals surface area contributed by atoms with Crippen molar-refractivity contribution in [1.29, 1.82) is 0 Å². The van der Waals surface area contributed by atoms with Gasteiger partial charge in [-0.2, -0.15) is 0 Å². The molecule has 0 unspecified atom stereocenters. The van der Waals surface area contributed by atoms with Gasteiger partial charge in [-0.15, -0.1) is 0 Å². The Kier molecular flexibility index (Phi) is 9.36. The smallest absolute Gasteiger partial charge is 0.143 e. The molecule has 0 amide bonds. The second kappa shape index (κ2) is 16.6. The van der Waals surface area contributed by atoms with Crippen molar-refractivity contribution in [2.24, 2.45) is 0 Å². The summed E-state index contributed by atoms with van der Waals surface area (Å²) in [6.07, 6.45) is 0. The van der Waals surface area contributed by atoms with Crippen molar-refractivity contribution >= 4 is 87.0 Å². The molecule has 0 bridgehead atoms. The van der Waals surface area contributed by atoms with Crippen molar-refractivity contribution in [2.75, 3.05) is 0 Å². The van der Waals surface area contributed by atoms with Gasteiger partial charge in [0, 0.05) is 38.6 Å². The molecule has 0 aliphatic rings. The van der Waals surface area contributed by atoms with Crippen molar-refractivity contribution < 1.29 is 8.83 Å². The Bertz CT molecular complexity index is 4430. The molecule has 0 N–H and O–H groups in total. The molecule has 0 aliphatic carbocycles. The van der Waals surface area contributed by atoms with E-state index in [-0.39, 0.29) is 5.92 Å². The molecule has 15 aromatic rings. The van der Waals surface area contributed by atoms with E-state index in [0.29, 0.717) is 0 Å². The van der Waals surface area contributed by atoms with E-state index >= 15 is 0 Å². The van der Waals surface area contributed by atoms with Crippen LogP contribution in [0.15, 0.2) is 270 Å². The van der Waals surface area contributed by atoms with Crippen LogP contribution in [-0.4, -0.2) is 0 Å². The van der Waals surface area contributed by atoms with Crippen molar-refractivity contribution in [3.8, 4) is 44.5 Å². The number of benzene rings is 13. The van der Waals surface area contributed by atoms with Crippen molar-refractivity contribution in [3.63, 3.8) is 0 Å². The van der Waals surface area contributed by atoms with Crippen LogP contribution >= 0.6 is 0 Å². The van der Waals surface area contributed by atoms with Crippen LogP contribution in [0.25, 0.3) is 131 Å². The quantitative estimate of drug-likeness (QED) is 0.149. The first-order valence-electron chi connectivity index (χ1n) is 25.2. The predicted molar refractivity (Wildman–Crippen MR) is 307 cm³/mol. The lowest BCUT2D eigenvalue weighted by Gasteiger charge is -2.21. The summed E-state index contributed by atoms with van der Waals surface area (Å²) in [4.78, 5) is 0. The van der Waals surface area contributed by atoms with Gasteiger partial charge in [0.25, 0.3) is 0 Å². The molecule has 13 aromatic carbocycles. The van der Waals surface area contributed by atoms with Gasteiger partial charge < -0.3 is 8.83 Å². The van der Waals surface area contributed by atoms with Crippen molar-refractivity contribution in [1.82, 2.24) is 0 Å². The molecule has 340 valence electrons. The van der Waals surface area contributed by atoms with Gasteiger partial charge in [-0.25, -0.2) is 0 Å². The molecular weight excluding hydrogens is 885 g/mol. The summed E-state index contributed by atoms with van der Waals surface area (Å²) in [5, 5.41) is 14.2. The summed E-state index contributed by atoms with van der Waals surface area (Å²) in [5.41, 5.74) is 16.3. The van der Waals surface area contributed by atoms with Crippen LogP contribution in [0.4, 0.5) is 0 Å². The summed E-state index contributed by atoms with van der Waals surface area (Å²) in [6, 6.07) is 95.0. The Morgan fingerprint density at radius 1 is 0.233 bits per heavy atom. The Hall–Kier alpha value is -9.50. The largest absolute Gasteiger partial charge is 0.455 e. The highest BCUT2D eigenvalue weighted by atomic mass is 16.3. The molecule has 0 fully saturated rings. The Labute approximate surface area is 421 Å². The zero-order valence-corrected chi connectivity index (χ0v) is 39.7. The SMILES string of the molecule is c1ccc(-c2cccc(-c3ccc(C(c4cccc(-c5cc6ccccc6c6c5oc5ccc7ccccc7c56)c4)c4cccc(-c5cc6ccccc6c6c5oc5ccc7ccccc7c56)c4)cc3)c2)cc1. The minimum absolute atomic E-state index is 0.115. The van der Waals surface area contributed by atoms with E-state index in [0.717, 1.165) is 66.1 Å². The highest BCUT2D eigenvalue weighted by molar-refractivity contribution is 6.30. The predicted octanol–water partition coefficient (Wildman–Crippen LogP) is 19.9. The zero-order chi connectivity index (χ0) is 48.0. The highest BCUT2D eigenvalue weighted by Crippen LogP contribution is 2.47. The number of fused-ring (bicyclic) bond motifs is 14. The number of hydrogen-bond donors (Lipinski definition) is 0. The fourth-order valence-electron chi connectivity index (χ4n) is 11.9. The summed E-state index contributed by atoms with van der Waals surface area (Å²) >= 11 is 0. The van der Waals surface area contributed by atoms with Gasteiger partial charge in [-0.3, -0.25) is 0 Å². The van der Waals surface area contributed by atoms with E-state index < -0.39 is 0 Å². The molecule has 15 rings (SSSR count). The van der Waals surface area contributed by atoms with Crippen LogP contribution in [0, 0.1) is 0 Å². The lowest BCUT2D eigenvalue weighted by atomic mass is 9.82. The monoisotopic (exact) mass is 928 g/mol. The summed E-state index contributed by atoms with van der Waals surface area (Å²) in [6.45, 7) is 0. The maximum absolute atomic E-state index is 6.98. The minimum atomic E-state index is -0.115. The molecule has 2 aromatic heterocycles. The van der Waals surface area contributed by atoms with E-state index in [2.05, 4.69) is 261 Å². The summed E-state index contributed by atoms with van der Waals surface area (Å²) in [7, 11) is 0. The van der Waals surface area contributed by atoms with Gasteiger partial charge in [-0.1, -0.05) is 231 Å². The zero-order valence-electron chi connectivity index (χ0n) is 39.7. The molecule has 0 aliphatic heterocycles. The molecule has 2 heteroatoms. The first-order chi connectivity index (χ1) is 36.2. The van der Waals surface area contributed by atoms with Crippen LogP contribution in [0.1, 0.15) is 22.6 Å². The van der Waals surface area contributed by atoms with E-state index in [1.807, 2.05) is 0 Å². The van der Waals surface area contributed by atoms with Crippen LogP contribution in [-0.2, 0) is 0 Å². The average Bonchev–Trinajstić information content (AvgIpc) is 4.07. The minimum Gasteiger partial charge on any atom is -0.455 e. The van der Waals surface area contributed by atoms with E-state index in [1.165, 1.54) is 82.0 Å². The summed E-state index contributed by atoms with van der Waals surface area (Å²) < 4.78 is 14.0.